The van der Waals surface area contributed by atoms with Crippen molar-refractivity contribution < 1.29 is 14.3 Å². The predicted octanol–water partition coefficient (Wildman–Crippen LogP) is 3.46. The largest absolute Gasteiger partial charge is 0.496 e. The number of carbonyl (C=O) groups is 2. The van der Waals surface area contributed by atoms with Gasteiger partial charge >= 0.3 is 0 Å². The van der Waals surface area contributed by atoms with Gasteiger partial charge in [-0.3, -0.25) is 9.59 Å². The number of halogens is 1. The molecule has 26 heavy (non-hydrogen) atoms. The average Bonchev–Trinajstić information content (AvgIpc) is 3.09. The monoisotopic (exact) mass is 378 g/mol. The average molecular weight is 379 g/mol. The Kier molecular flexibility index (Phi) is 5.76. The minimum Gasteiger partial charge on any atom is -0.496 e. The van der Waals surface area contributed by atoms with Crippen molar-refractivity contribution in [2.75, 3.05) is 26.7 Å². The van der Waals surface area contributed by atoms with E-state index in [0.29, 0.717) is 41.1 Å². The van der Waals surface area contributed by atoms with E-state index in [1.54, 1.807) is 23.1 Å². The predicted molar refractivity (Wildman–Crippen MR) is 102 cm³/mol. The van der Waals surface area contributed by atoms with E-state index in [0.717, 1.165) is 25.9 Å². The maximum Gasteiger partial charge on any atom is 0.258 e. The third-order valence-corrected chi connectivity index (χ3v) is 5.61. The van der Waals surface area contributed by atoms with Gasteiger partial charge in [0.25, 0.3) is 5.91 Å². The first-order valence-corrected chi connectivity index (χ1v) is 9.71. The van der Waals surface area contributed by atoms with Gasteiger partial charge in [0.2, 0.25) is 5.91 Å². The Morgan fingerprint density at radius 3 is 2.54 bits per heavy atom. The van der Waals surface area contributed by atoms with E-state index in [1.807, 2.05) is 4.90 Å². The van der Waals surface area contributed by atoms with Crippen LogP contribution in [-0.4, -0.2) is 54.4 Å². The number of amides is 2. The van der Waals surface area contributed by atoms with Crippen LogP contribution < -0.4 is 4.74 Å². The molecule has 0 N–H and O–H groups in total. The molecule has 2 amide bonds. The fraction of sp³-hybridized carbons (Fsp3) is 0.600. The molecule has 0 bridgehead atoms. The second-order valence-corrected chi connectivity index (χ2v) is 8.13. The van der Waals surface area contributed by atoms with Crippen LogP contribution in [0, 0.1) is 11.8 Å². The van der Waals surface area contributed by atoms with Gasteiger partial charge in [0, 0.05) is 24.7 Å². The van der Waals surface area contributed by atoms with Gasteiger partial charge in [-0.1, -0.05) is 25.4 Å². The van der Waals surface area contributed by atoms with Crippen LogP contribution >= 0.6 is 11.6 Å². The summed E-state index contributed by atoms with van der Waals surface area (Å²) in [6, 6.07) is 4.62. The summed E-state index contributed by atoms with van der Waals surface area (Å²) >= 11 is 6.08. The molecule has 2 heterocycles. The summed E-state index contributed by atoms with van der Waals surface area (Å²) in [4.78, 5) is 29.9. The maximum absolute atomic E-state index is 13.1. The number of piperidine rings is 1. The second-order valence-electron chi connectivity index (χ2n) is 7.69. The normalized spacial score (nSPS) is 26.1. The van der Waals surface area contributed by atoms with E-state index < -0.39 is 0 Å². The SMILES string of the molecule is COc1ccc(Cl)cc1C(=O)N1CCCC1C(=O)N1CC(C)CC(C)C1. The van der Waals surface area contributed by atoms with Crippen molar-refractivity contribution in [3.05, 3.63) is 28.8 Å². The highest BCUT2D eigenvalue weighted by Crippen LogP contribution is 2.29. The van der Waals surface area contributed by atoms with Gasteiger partial charge < -0.3 is 14.5 Å². The molecule has 5 nitrogen and oxygen atoms in total. The van der Waals surface area contributed by atoms with E-state index in [2.05, 4.69) is 13.8 Å². The molecule has 2 aliphatic rings. The molecular formula is C20H27ClN2O3. The number of methoxy groups -OCH3 is 1. The first-order valence-electron chi connectivity index (χ1n) is 9.34. The molecule has 0 aliphatic carbocycles. The lowest BCUT2D eigenvalue weighted by Gasteiger charge is -2.38. The molecule has 2 aliphatic heterocycles. The summed E-state index contributed by atoms with van der Waals surface area (Å²) in [6.45, 7) is 6.52. The number of rotatable bonds is 3. The van der Waals surface area contributed by atoms with Gasteiger partial charge in [-0.15, -0.1) is 0 Å². The summed E-state index contributed by atoms with van der Waals surface area (Å²) in [5.41, 5.74) is 0.417. The van der Waals surface area contributed by atoms with Gasteiger partial charge in [0.05, 0.1) is 12.7 Å². The van der Waals surface area contributed by atoms with Gasteiger partial charge in [-0.2, -0.15) is 0 Å². The number of hydrogen-bond acceptors (Lipinski definition) is 3. The van der Waals surface area contributed by atoms with Gasteiger partial charge in [0.1, 0.15) is 11.8 Å². The highest BCUT2D eigenvalue weighted by atomic mass is 35.5. The molecule has 142 valence electrons. The van der Waals surface area contributed by atoms with Crippen LogP contribution in [0.4, 0.5) is 0 Å². The van der Waals surface area contributed by atoms with Crippen molar-refractivity contribution in [2.24, 2.45) is 11.8 Å². The number of benzene rings is 1. The zero-order chi connectivity index (χ0) is 18.8. The molecule has 0 saturated carbocycles. The molecule has 1 aromatic carbocycles. The molecular weight excluding hydrogens is 352 g/mol. The lowest BCUT2D eigenvalue weighted by molar-refractivity contribution is -0.138. The summed E-state index contributed by atoms with van der Waals surface area (Å²) in [5, 5.41) is 0.481. The maximum atomic E-state index is 13.1. The van der Waals surface area contributed by atoms with Crippen LogP contribution in [0.25, 0.3) is 0 Å². The van der Waals surface area contributed by atoms with E-state index in [9.17, 15) is 9.59 Å². The van der Waals surface area contributed by atoms with Crippen LogP contribution in [0.3, 0.4) is 0 Å². The van der Waals surface area contributed by atoms with E-state index in [1.165, 1.54) is 7.11 Å². The number of hydrogen-bond donors (Lipinski definition) is 0. The molecule has 2 saturated heterocycles. The zero-order valence-electron chi connectivity index (χ0n) is 15.7. The topological polar surface area (TPSA) is 49.9 Å². The van der Waals surface area contributed by atoms with Crippen molar-refractivity contribution in [1.82, 2.24) is 9.80 Å². The lowest BCUT2D eigenvalue weighted by Crippen LogP contribution is -2.51. The Bertz CT molecular complexity index is 684. The van der Waals surface area contributed by atoms with Gasteiger partial charge in [0.15, 0.2) is 0 Å². The van der Waals surface area contributed by atoms with Gasteiger partial charge in [-0.25, -0.2) is 0 Å². The highest BCUT2D eigenvalue weighted by Gasteiger charge is 2.39. The molecule has 2 fully saturated rings. The standard InChI is InChI=1S/C20H27ClN2O3/c1-13-9-14(2)12-22(11-13)20(25)17-5-4-8-23(17)19(24)16-10-15(21)6-7-18(16)26-3/h6-7,10,13-14,17H,4-5,8-9,11-12H2,1-3H3. The van der Waals surface area contributed by atoms with Crippen LogP contribution in [0.5, 0.6) is 5.75 Å². The van der Waals surface area contributed by atoms with Crippen molar-refractivity contribution in [1.29, 1.82) is 0 Å². The van der Waals surface area contributed by atoms with Crippen molar-refractivity contribution in [2.45, 2.75) is 39.2 Å². The minimum atomic E-state index is -0.385. The number of nitrogens with zero attached hydrogens (tertiary/aromatic N) is 2. The Labute approximate surface area is 160 Å². The number of carbonyl (C=O) groups excluding carboxylic acids is 2. The van der Waals surface area contributed by atoms with E-state index in [-0.39, 0.29) is 17.9 Å². The molecule has 6 heteroatoms. The molecule has 0 radical (unpaired) electrons. The smallest absolute Gasteiger partial charge is 0.258 e. The highest BCUT2D eigenvalue weighted by molar-refractivity contribution is 6.31. The number of ether oxygens (including phenoxy) is 1. The molecule has 1 aromatic rings. The van der Waals surface area contributed by atoms with Crippen LogP contribution in [0.1, 0.15) is 43.5 Å². The van der Waals surface area contributed by atoms with Crippen molar-refractivity contribution in [3.8, 4) is 5.75 Å². The van der Waals surface area contributed by atoms with Crippen LogP contribution in [0.2, 0.25) is 5.02 Å². The summed E-state index contributed by atoms with van der Waals surface area (Å²) in [5.74, 6) is 1.38. The molecule has 3 atom stereocenters. The fourth-order valence-corrected chi connectivity index (χ4v) is 4.49. The Balaban J connectivity index is 1.81. The third kappa shape index (κ3) is 3.83. The van der Waals surface area contributed by atoms with Crippen molar-refractivity contribution >= 4 is 23.4 Å². The van der Waals surface area contributed by atoms with E-state index >= 15 is 0 Å². The Hall–Kier alpha value is -1.75. The van der Waals surface area contributed by atoms with Crippen LogP contribution in [-0.2, 0) is 4.79 Å². The Morgan fingerprint density at radius 2 is 1.88 bits per heavy atom. The van der Waals surface area contributed by atoms with Crippen molar-refractivity contribution in [3.63, 3.8) is 0 Å². The molecule has 3 unspecified atom stereocenters. The fourth-order valence-electron chi connectivity index (χ4n) is 4.32. The quantitative estimate of drug-likeness (QED) is 0.809. The minimum absolute atomic E-state index is 0.0789. The second kappa shape index (κ2) is 7.87. The summed E-state index contributed by atoms with van der Waals surface area (Å²) in [7, 11) is 1.53. The number of likely N-dealkylation sites (tertiary alicyclic amines) is 2. The summed E-state index contributed by atoms with van der Waals surface area (Å²) < 4.78 is 5.32. The lowest BCUT2D eigenvalue weighted by atomic mass is 9.91. The van der Waals surface area contributed by atoms with Crippen LogP contribution in [0.15, 0.2) is 18.2 Å². The molecule has 0 aromatic heterocycles. The molecule has 0 spiro atoms. The third-order valence-electron chi connectivity index (χ3n) is 5.37. The molecule has 3 rings (SSSR count). The van der Waals surface area contributed by atoms with E-state index in [4.69, 9.17) is 16.3 Å². The Morgan fingerprint density at radius 1 is 1.19 bits per heavy atom. The first kappa shape index (κ1) is 19.0. The van der Waals surface area contributed by atoms with Gasteiger partial charge in [-0.05, 0) is 49.3 Å². The summed E-state index contributed by atoms with van der Waals surface area (Å²) in [6.07, 6.45) is 2.70. The zero-order valence-corrected chi connectivity index (χ0v) is 16.5. The first-order chi connectivity index (χ1) is 12.4.